The third-order valence-electron chi connectivity index (χ3n) is 5.30. The van der Waals surface area contributed by atoms with Gasteiger partial charge < -0.3 is 14.5 Å². The van der Waals surface area contributed by atoms with Gasteiger partial charge in [-0.25, -0.2) is 4.98 Å². The fraction of sp³-hybridized carbons (Fsp3) is 0.0370. The van der Waals surface area contributed by atoms with Gasteiger partial charge in [0, 0.05) is 16.8 Å². The monoisotopic (exact) mass is 454 g/mol. The van der Waals surface area contributed by atoms with Crippen LogP contribution in [-0.4, -0.2) is 18.0 Å². The van der Waals surface area contributed by atoms with E-state index in [0.29, 0.717) is 39.0 Å². The molecule has 5 rings (SSSR count). The number of hydrogen-bond acceptors (Lipinski definition) is 4. The van der Waals surface area contributed by atoms with Crippen molar-refractivity contribution >= 4 is 34.3 Å². The SMILES string of the molecule is COc1ccc(-c2nc3cc(NC(=O)c4ccc(-c5ccccc5)cc4)ccc3o2)cc1Cl. The molecule has 0 unspecified atom stereocenters. The Hall–Kier alpha value is -4.09. The van der Waals surface area contributed by atoms with Crippen LogP contribution in [0.4, 0.5) is 5.69 Å². The van der Waals surface area contributed by atoms with E-state index in [9.17, 15) is 4.79 Å². The van der Waals surface area contributed by atoms with Crippen LogP contribution in [0.25, 0.3) is 33.7 Å². The molecule has 5 nitrogen and oxygen atoms in total. The van der Waals surface area contributed by atoms with Crippen LogP contribution >= 0.6 is 11.6 Å². The van der Waals surface area contributed by atoms with Crippen LogP contribution in [0.1, 0.15) is 10.4 Å². The number of hydrogen-bond donors (Lipinski definition) is 1. The highest BCUT2D eigenvalue weighted by Gasteiger charge is 2.13. The Morgan fingerprint density at radius 1 is 0.879 bits per heavy atom. The van der Waals surface area contributed by atoms with E-state index in [0.717, 1.165) is 16.7 Å². The molecular weight excluding hydrogens is 436 g/mol. The third-order valence-corrected chi connectivity index (χ3v) is 5.59. The van der Waals surface area contributed by atoms with Crippen molar-refractivity contribution in [3.63, 3.8) is 0 Å². The summed E-state index contributed by atoms with van der Waals surface area (Å²) in [6.07, 6.45) is 0. The summed E-state index contributed by atoms with van der Waals surface area (Å²) in [6, 6.07) is 28.2. The van der Waals surface area contributed by atoms with Crippen LogP contribution in [0.5, 0.6) is 5.75 Å². The number of methoxy groups -OCH3 is 1. The first-order valence-electron chi connectivity index (χ1n) is 10.3. The topological polar surface area (TPSA) is 64.4 Å². The molecule has 0 aliphatic heterocycles. The zero-order chi connectivity index (χ0) is 22.8. The molecule has 5 aromatic rings. The summed E-state index contributed by atoms with van der Waals surface area (Å²) in [5, 5.41) is 3.40. The minimum atomic E-state index is -0.195. The normalized spacial score (nSPS) is 10.8. The number of carbonyl (C=O) groups excluding carboxylic acids is 1. The van der Waals surface area contributed by atoms with Gasteiger partial charge in [0.25, 0.3) is 5.91 Å². The molecule has 0 radical (unpaired) electrons. The van der Waals surface area contributed by atoms with E-state index >= 15 is 0 Å². The predicted octanol–water partition coefficient (Wildman–Crippen LogP) is 7.08. The molecule has 1 aromatic heterocycles. The summed E-state index contributed by atoms with van der Waals surface area (Å²) < 4.78 is 11.0. The number of rotatable bonds is 5. The van der Waals surface area contributed by atoms with E-state index in [1.54, 1.807) is 37.4 Å². The first-order chi connectivity index (χ1) is 16.1. The lowest BCUT2D eigenvalue weighted by molar-refractivity contribution is 0.102. The Morgan fingerprint density at radius 3 is 2.33 bits per heavy atom. The number of carbonyl (C=O) groups is 1. The van der Waals surface area contributed by atoms with Gasteiger partial charge in [-0.05, 0) is 59.7 Å². The van der Waals surface area contributed by atoms with Gasteiger partial charge in [0.15, 0.2) is 5.58 Å². The molecule has 4 aromatic carbocycles. The molecule has 0 saturated heterocycles. The van der Waals surface area contributed by atoms with E-state index in [1.807, 2.05) is 60.7 Å². The molecule has 162 valence electrons. The summed E-state index contributed by atoms with van der Waals surface area (Å²) in [5.41, 5.74) is 5.35. The standard InChI is InChI=1S/C27H19ClN2O3/c1-32-24-13-11-20(15-22(24)28)27-30-23-16-21(12-14-25(23)33-27)29-26(31)19-9-7-18(8-10-19)17-5-3-2-4-6-17/h2-16H,1H3,(H,29,31). The largest absolute Gasteiger partial charge is 0.495 e. The van der Waals surface area contributed by atoms with Crippen LogP contribution in [-0.2, 0) is 0 Å². The van der Waals surface area contributed by atoms with Crippen LogP contribution in [0.15, 0.2) is 95.4 Å². The number of aromatic nitrogens is 1. The molecule has 1 N–H and O–H groups in total. The van der Waals surface area contributed by atoms with Crippen molar-refractivity contribution in [2.24, 2.45) is 0 Å². The van der Waals surface area contributed by atoms with E-state index in [2.05, 4.69) is 10.3 Å². The lowest BCUT2D eigenvalue weighted by atomic mass is 10.0. The second-order valence-corrected chi connectivity index (χ2v) is 7.86. The zero-order valence-corrected chi connectivity index (χ0v) is 18.5. The van der Waals surface area contributed by atoms with Crippen molar-refractivity contribution in [3.05, 3.63) is 102 Å². The van der Waals surface area contributed by atoms with E-state index < -0.39 is 0 Å². The maximum atomic E-state index is 12.7. The predicted molar refractivity (Wildman–Crippen MR) is 131 cm³/mol. The van der Waals surface area contributed by atoms with Crippen molar-refractivity contribution in [1.29, 1.82) is 0 Å². The Bertz CT molecular complexity index is 1440. The number of anilines is 1. The molecular formula is C27H19ClN2O3. The second-order valence-electron chi connectivity index (χ2n) is 7.45. The highest BCUT2D eigenvalue weighted by atomic mass is 35.5. The van der Waals surface area contributed by atoms with Crippen LogP contribution in [0, 0.1) is 0 Å². The molecule has 0 atom stereocenters. The maximum absolute atomic E-state index is 12.7. The number of ether oxygens (including phenoxy) is 1. The molecule has 0 bridgehead atoms. The summed E-state index contributed by atoms with van der Waals surface area (Å²) >= 11 is 6.22. The first kappa shape index (κ1) is 20.8. The van der Waals surface area contributed by atoms with Gasteiger partial charge in [0.2, 0.25) is 5.89 Å². The fourth-order valence-corrected chi connectivity index (χ4v) is 3.83. The summed E-state index contributed by atoms with van der Waals surface area (Å²) in [6.45, 7) is 0. The molecule has 1 amide bonds. The molecule has 33 heavy (non-hydrogen) atoms. The third kappa shape index (κ3) is 4.31. The number of halogens is 1. The van der Waals surface area contributed by atoms with Crippen LogP contribution in [0.2, 0.25) is 5.02 Å². The molecule has 6 heteroatoms. The second kappa shape index (κ2) is 8.81. The van der Waals surface area contributed by atoms with Gasteiger partial charge in [0.1, 0.15) is 11.3 Å². The molecule has 1 heterocycles. The average molecular weight is 455 g/mol. The number of fused-ring (bicyclic) bond motifs is 1. The zero-order valence-electron chi connectivity index (χ0n) is 17.7. The van der Waals surface area contributed by atoms with Gasteiger partial charge in [0.05, 0.1) is 12.1 Å². The smallest absolute Gasteiger partial charge is 0.255 e. The number of benzene rings is 4. The molecule has 0 saturated carbocycles. The Kier molecular flexibility index (Phi) is 5.55. The minimum absolute atomic E-state index is 0.195. The minimum Gasteiger partial charge on any atom is -0.495 e. The summed E-state index contributed by atoms with van der Waals surface area (Å²) in [5.74, 6) is 0.826. The Balaban J connectivity index is 1.35. The van der Waals surface area contributed by atoms with Gasteiger partial charge in [-0.3, -0.25) is 4.79 Å². The van der Waals surface area contributed by atoms with Crippen molar-refractivity contribution < 1.29 is 13.9 Å². The van der Waals surface area contributed by atoms with Crippen molar-refractivity contribution in [2.75, 3.05) is 12.4 Å². The molecule has 0 fully saturated rings. The van der Waals surface area contributed by atoms with Crippen LogP contribution < -0.4 is 10.1 Å². The Labute approximate surface area is 195 Å². The quantitative estimate of drug-likeness (QED) is 0.308. The van der Waals surface area contributed by atoms with Gasteiger partial charge in [-0.2, -0.15) is 0 Å². The number of oxazole rings is 1. The molecule has 0 aliphatic carbocycles. The van der Waals surface area contributed by atoms with E-state index in [4.69, 9.17) is 20.8 Å². The summed E-state index contributed by atoms with van der Waals surface area (Å²) in [7, 11) is 1.56. The maximum Gasteiger partial charge on any atom is 0.255 e. The highest BCUT2D eigenvalue weighted by Crippen LogP contribution is 2.32. The van der Waals surface area contributed by atoms with E-state index in [-0.39, 0.29) is 5.91 Å². The Morgan fingerprint density at radius 2 is 1.61 bits per heavy atom. The highest BCUT2D eigenvalue weighted by molar-refractivity contribution is 6.32. The van der Waals surface area contributed by atoms with Crippen molar-refractivity contribution in [2.45, 2.75) is 0 Å². The van der Waals surface area contributed by atoms with Gasteiger partial charge in [-0.1, -0.05) is 54.1 Å². The number of nitrogens with zero attached hydrogens (tertiary/aromatic N) is 1. The van der Waals surface area contributed by atoms with Gasteiger partial charge >= 0.3 is 0 Å². The number of nitrogens with one attached hydrogen (secondary N) is 1. The van der Waals surface area contributed by atoms with E-state index in [1.165, 1.54) is 0 Å². The lowest BCUT2D eigenvalue weighted by Gasteiger charge is -2.06. The molecule has 0 aliphatic rings. The first-order valence-corrected chi connectivity index (χ1v) is 10.7. The molecule has 0 spiro atoms. The fourth-order valence-electron chi connectivity index (χ4n) is 3.58. The summed E-state index contributed by atoms with van der Waals surface area (Å²) in [4.78, 5) is 17.3. The van der Waals surface area contributed by atoms with Crippen LogP contribution in [0.3, 0.4) is 0 Å². The average Bonchev–Trinajstić information content (AvgIpc) is 3.28. The number of amides is 1. The van der Waals surface area contributed by atoms with Gasteiger partial charge in [-0.15, -0.1) is 0 Å². The van der Waals surface area contributed by atoms with Crippen molar-refractivity contribution in [3.8, 4) is 28.3 Å². The van der Waals surface area contributed by atoms with Crippen molar-refractivity contribution in [1.82, 2.24) is 4.98 Å². The lowest BCUT2D eigenvalue weighted by Crippen LogP contribution is -2.11.